The van der Waals surface area contributed by atoms with Crippen LogP contribution in [0.1, 0.15) is 21.6 Å². The predicted molar refractivity (Wildman–Crippen MR) is 114 cm³/mol. The molecule has 0 saturated heterocycles. The van der Waals surface area contributed by atoms with Gasteiger partial charge >= 0.3 is 0 Å². The van der Waals surface area contributed by atoms with Gasteiger partial charge in [-0.3, -0.25) is 9.59 Å². The Bertz CT molecular complexity index is 1070. The fraction of sp³-hybridized carbons (Fsp3) is 0.174. The third-order valence-corrected chi connectivity index (χ3v) is 4.46. The third kappa shape index (κ3) is 5.14. The number of nitrogens with zero attached hydrogens (tertiary/aromatic N) is 2. The zero-order valence-electron chi connectivity index (χ0n) is 17.1. The van der Waals surface area contributed by atoms with Crippen LogP contribution in [0.15, 0.2) is 61.1 Å². The number of carbonyl (C=O) groups is 2. The van der Waals surface area contributed by atoms with E-state index in [0.29, 0.717) is 17.1 Å². The Morgan fingerprint density at radius 1 is 1.10 bits per heavy atom. The number of imidazole rings is 1. The maximum absolute atomic E-state index is 12.2. The van der Waals surface area contributed by atoms with E-state index in [2.05, 4.69) is 10.3 Å². The molecular formula is C23H23N3O4. The van der Waals surface area contributed by atoms with Crippen LogP contribution in [0.25, 0.3) is 11.8 Å². The average Bonchev–Trinajstić information content (AvgIpc) is 3.21. The van der Waals surface area contributed by atoms with Crippen molar-refractivity contribution in [2.24, 2.45) is 0 Å². The molecule has 0 unspecified atom stereocenters. The molecule has 0 aliphatic heterocycles. The Morgan fingerprint density at radius 2 is 1.87 bits per heavy atom. The molecule has 7 heteroatoms. The van der Waals surface area contributed by atoms with Crippen LogP contribution in [0.3, 0.4) is 0 Å². The number of hydrogen-bond donors (Lipinski definition) is 1. The van der Waals surface area contributed by atoms with Crippen molar-refractivity contribution in [3.05, 3.63) is 77.9 Å². The van der Waals surface area contributed by atoms with Gasteiger partial charge in [0.05, 0.1) is 38.5 Å². The summed E-state index contributed by atoms with van der Waals surface area (Å²) in [4.78, 5) is 28.5. The summed E-state index contributed by atoms with van der Waals surface area (Å²) in [6, 6.07) is 12.3. The van der Waals surface area contributed by atoms with Crippen molar-refractivity contribution in [1.29, 1.82) is 0 Å². The Hall–Kier alpha value is -3.87. The SMILES string of the molecule is COc1ccc(C(=O)CNC(=O)/C=C/c2ccc(-n3cnc(C)c3)c(OC)c2)cc1. The van der Waals surface area contributed by atoms with Crippen molar-refractivity contribution in [2.45, 2.75) is 6.92 Å². The fourth-order valence-electron chi connectivity index (χ4n) is 2.84. The van der Waals surface area contributed by atoms with Crippen molar-refractivity contribution in [2.75, 3.05) is 20.8 Å². The Labute approximate surface area is 175 Å². The molecule has 2 aromatic carbocycles. The van der Waals surface area contributed by atoms with Gasteiger partial charge in [0, 0.05) is 17.8 Å². The smallest absolute Gasteiger partial charge is 0.244 e. The molecule has 1 aromatic heterocycles. The van der Waals surface area contributed by atoms with Crippen LogP contribution in [-0.2, 0) is 4.79 Å². The molecule has 30 heavy (non-hydrogen) atoms. The summed E-state index contributed by atoms with van der Waals surface area (Å²) in [6.45, 7) is 1.83. The van der Waals surface area contributed by atoms with E-state index in [0.717, 1.165) is 16.9 Å². The molecule has 0 radical (unpaired) electrons. The summed E-state index contributed by atoms with van der Waals surface area (Å²) in [7, 11) is 3.15. The highest BCUT2D eigenvalue weighted by Gasteiger charge is 2.08. The van der Waals surface area contributed by atoms with Crippen LogP contribution in [-0.4, -0.2) is 42.0 Å². The zero-order valence-corrected chi connectivity index (χ0v) is 17.1. The Balaban J connectivity index is 1.60. The average molecular weight is 405 g/mol. The Morgan fingerprint density at radius 3 is 2.50 bits per heavy atom. The second kappa shape index (κ2) is 9.56. The quantitative estimate of drug-likeness (QED) is 0.460. The highest BCUT2D eigenvalue weighted by atomic mass is 16.5. The monoisotopic (exact) mass is 405 g/mol. The highest BCUT2D eigenvalue weighted by Crippen LogP contribution is 2.25. The van der Waals surface area contributed by atoms with Crippen LogP contribution in [0.4, 0.5) is 0 Å². The summed E-state index contributed by atoms with van der Waals surface area (Å²) in [5.41, 5.74) is 3.06. The standard InChI is InChI=1S/C23H23N3O4/c1-16-14-26(15-25-16)20-10-4-17(12-22(20)30-3)5-11-23(28)24-13-21(27)18-6-8-19(29-2)9-7-18/h4-12,14-15H,13H2,1-3H3,(H,24,28)/b11-5+. The fourth-order valence-corrected chi connectivity index (χ4v) is 2.84. The summed E-state index contributed by atoms with van der Waals surface area (Å²) in [6.07, 6.45) is 6.67. The van der Waals surface area contributed by atoms with Crippen LogP contribution in [0, 0.1) is 6.92 Å². The van der Waals surface area contributed by atoms with Crippen molar-refractivity contribution < 1.29 is 19.1 Å². The van der Waals surface area contributed by atoms with Gasteiger partial charge < -0.3 is 19.4 Å². The van der Waals surface area contributed by atoms with Crippen LogP contribution < -0.4 is 14.8 Å². The first kappa shape index (κ1) is 20.9. The molecule has 1 amide bonds. The van der Waals surface area contributed by atoms with Crippen molar-refractivity contribution >= 4 is 17.8 Å². The maximum Gasteiger partial charge on any atom is 0.244 e. The number of carbonyl (C=O) groups excluding carboxylic acids is 2. The first-order valence-corrected chi connectivity index (χ1v) is 9.32. The molecule has 0 fully saturated rings. The zero-order chi connectivity index (χ0) is 21.5. The molecule has 7 nitrogen and oxygen atoms in total. The molecule has 0 spiro atoms. The third-order valence-electron chi connectivity index (χ3n) is 4.46. The van der Waals surface area contributed by atoms with Crippen molar-refractivity contribution in [3.8, 4) is 17.2 Å². The van der Waals surface area contributed by atoms with E-state index in [1.165, 1.54) is 6.08 Å². The predicted octanol–water partition coefficient (Wildman–Crippen LogP) is 3.21. The van der Waals surface area contributed by atoms with E-state index in [1.807, 2.05) is 35.9 Å². The number of methoxy groups -OCH3 is 2. The van der Waals surface area contributed by atoms with E-state index in [1.54, 1.807) is 50.9 Å². The van der Waals surface area contributed by atoms with Gasteiger partial charge in [0.1, 0.15) is 11.5 Å². The minimum Gasteiger partial charge on any atom is -0.497 e. The van der Waals surface area contributed by atoms with Crippen LogP contribution in [0.2, 0.25) is 0 Å². The minimum atomic E-state index is -0.356. The number of benzene rings is 2. The van der Waals surface area contributed by atoms with E-state index in [-0.39, 0.29) is 18.2 Å². The van der Waals surface area contributed by atoms with Gasteiger partial charge in [0.25, 0.3) is 0 Å². The molecule has 0 saturated carbocycles. The largest absolute Gasteiger partial charge is 0.497 e. The second-order valence-electron chi connectivity index (χ2n) is 6.56. The summed E-state index contributed by atoms with van der Waals surface area (Å²) in [5, 5.41) is 2.60. The van der Waals surface area contributed by atoms with Crippen LogP contribution >= 0.6 is 0 Å². The van der Waals surface area contributed by atoms with Gasteiger partial charge in [-0.2, -0.15) is 0 Å². The van der Waals surface area contributed by atoms with Crippen molar-refractivity contribution in [1.82, 2.24) is 14.9 Å². The molecule has 0 aliphatic carbocycles. The summed E-state index contributed by atoms with van der Waals surface area (Å²) < 4.78 is 12.4. The number of amides is 1. The minimum absolute atomic E-state index is 0.0856. The highest BCUT2D eigenvalue weighted by molar-refractivity contribution is 6.01. The van der Waals surface area contributed by atoms with Gasteiger partial charge in [-0.25, -0.2) is 4.98 Å². The molecule has 1 heterocycles. The summed E-state index contributed by atoms with van der Waals surface area (Å²) in [5.74, 6) is 0.791. The number of hydrogen-bond acceptors (Lipinski definition) is 5. The molecule has 1 N–H and O–H groups in total. The summed E-state index contributed by atoms with van der Waals surface area (Å²) >= 11 is 0. The van der Waals surface area contributed by atoms with Crippen molar-refractivity contribution in [3.63, 3.8) is 0 Å². The molecule has 154 valence electrons. The molecule has 3 rings (SSSR count). The first-order valence-electron chi connectivity index (χ1n) is 9.32. The maximum atomic E-state index is 12.2. The van der Waals surface area contributed by atoms with E-state index in [4.69, 9.17) is 9.47 Å². The number of aromatic nitrogens is 2. The molecule has 0 aliphatic rings. The lowest BCUT2D eigenvalue weighted by molar-refractivity contribution is -0.116. The van der Waals surface area contributed by atoms with Gasteiger partial charge in [-0.15, -0.1) is 0 Å². The van der Waals surface area contributed by atoms with Gasteiger partial charge in [0.2, 0.25) is 5.91 Å². The van der Waals surface area contributed by atoms with E-state index < -0.39 is 0 Å². The molecule has 0 atom stereocenters. The number of ketones is 1. The Kier molecular flexibility index (Phi) is 6.64. The first-order chi connectivity index (χ1) is 14.5. The molecule has 0 bridgehead atoms. The number of ether oxygens (including phenoxy) is 2. The topological polar surface area (TPSA) is 82.5 Å². The van der Waals surface area contributed by atoms with Gasteiger partial charge in [-0.1, -0.05) is 6.07 Å². The lowest BCUT2D eigenvalue weighted by Crippen LogP contribution is -2.27. The van der Waals surface area contributed by atoms with E-state index >= 15 is 0 Å². The lowest BCUT2D eigenvalue weighted by Gasteiger charge is -2.10. The van der Waals surface area contributed by atoms with E-state index in [9.17, 15) is 9.59 Å². The van der Waals surface area contributed by atoms with Crippen LogP contribution in [0.5, 0.6) is 11.5 Å². The lowest BCUT2D eigenvalue weighted by atomic mass is 10.1. The van der Waals surface area contributed by atoms with Gasteiger partial charge in [-0.05, 0) is 55.0 Å². The number of nitrogens with one attached hydrogen (secondary N) is 1. The molecular weight excluding hydrogens is 382 g/mol. The number of Topliss-reactive ketones (excluding diaryl/α,β-unsaturated/α-hetero) is 1. The van der Waals surface area contributed by atoms with Gasteiger partial charge in [0.15, 0.2) is 5.78 Å². The normalized spacial score (nSPS) is 10.8. The second-order valence-corrected chi connectivity index (χ2v) is 6.56. The molecule has 3 aromatic rings. The number of aryl methyl sites for hydroxylation is 1. The number of rotatable bonds is 8.